The monoisotopic (exact) mass is 417 g/mol. The molecule has 0 aliphatic carbocycles. The summed E-state index contributed by atoms with van der Waals surface area (Å²) >= 11 is 0. The summed E-state index contributed by atoms with van der Waals surface area (Å²) < 4.78 is 10.3. The second kappa shape index (κ2) is 9.71. The van der Waals surface area contributed by atoms with Gasteiger partial charge in [0.15, 0.2) is 12.4 Å². The van der Waals surface area contributed by atoms with E-state index in [0.717, 1.165) is 11.1 Å². The third-order valence-corrected chi connectivity index (χ3v) is 4.88. The molecule has 0 saturated heterocycles. The van der Waals surface area contributed by atoms with Gasteiger partial charge in [-0.25, -0.2) is 4.79 Å². The first-order valence-corrected chi connectivity index (χ1v) is 9.71. The quantitative estimate of drug-likeness (QED) is 0.457. The average Bonchev–Trinajstić information content (AvgIpc) is 2.79. The zero-order valence-corrected chi connectivity index (χ0v) is 17.6. The number of ether oxygens (including phenoxy) is 2. The lowest BCUT2D eigenvalue weighted by Crippen LogP contribution is -2.22. The number of anilines is 1. The van der Waals surface area contributed by atoms with Crippen molar-refractivity contribution in [1.82, 2.24) is 0 Å². The van der Waals surface area contributed by atoms with E-state index in [1.54, 1.807) is 54.6 Å². The molecule has 0 aromatic heterocycles. The van der Waals surface area contributed by atoms with Gasteiger partial charge in [0.2, 0.25) is 0 Å². The number of aryl methyl sites for hydroxylation is 2. The Kier molecular flexibility index (Phi) is 6.82. The highest BCUT2D eigenvalue weighted by molar-refractivity contribution is 6.14. The maximum absolute atomic E-state index is 13.0. The molecule has 6 nitrogen and oxygen atoms in total. The number of esters is 1. The molecule has 3 rings (SSSR count). The lowest BCUT2D eigenvalue weighted by molar-refractivity contribution is -0.119. The normalized spacial score (nSPS) is 10.3. The van der Waals surface area contributed by atoms with E-state index < -0.39 is 18.5 Å². The molecule has 3 aromatic carbocycles. The van der Waals surface area contributed by atoms with Crippen LogP contribution < -0.4 is 10.1 Å². The van der Waals surface area contributed by atoms with E-state index in [9.17, 15) is 14.4 Å². The smallest absolute Gasteiger partial charge is 0.339 e. The molecule has 1 N–H and O–H groups in total. The topological polar surface area (TPSA) is 81.7 Å². The summed E-state index contributed by atoms with van der Waals surface area (Å²) in [4.78, 5) is 37.8. The molecule has 31 heavy (non-hydrogen) atoms. The Morgan fingerprint density at radius 3 is 2.23 bits per heavy atom. The lowest BCUT2D eigenvalue weighted by Gasteiger charge is -2.11. The number of carbonyl (C=O) groups is 3. The first-order chi connectivity index (χ1) is 14.9. The van der Waals surface area contributed by atoms with Crippen molar-refractivity contribution in [3.8, 4) is 5.75 Å². The highest BCUT2D eigenvalue weighted by Crippen LogP contribution is 2.23. The second-order valence-electron chi connectivity index (χ2n) is 7.00. The zero-order valence-electron chi connectivity index (χ0n) is 17.6. The fraction of sp³-hybridized carbons (Fsp3) is 0.160. The van der Waals surface area contributed by atoms with E-state index in [1.165, 1.54) is 13.2 Å². The minimum atomic E-state index is -0.747. The first kappa shape index (κ1) is 21.8. The van der Waals surface area contributed by atoms with E-state index in [0.29, 0.717) is 17.0 Å². The van der Waals surface area contributed by atoms with Crippen LogP contribution in [0.4, 0.5) is 5.69 Å². The third-order valence-electron chi connectivity index (χ3n) is 4.88. The molecule has 0 bridgehead atoms. The van der Waals surface area contributed by atoms with Crippen molar-refractivity contribution in [3.05, 3.63) is 94.5 Å². The maximum atomic E-state index is 13.0. The van der Waals surface area contributed by atoms with Crippen LogP contribution in [-0.2, 0) is 9.53 Å². The second-order valence-corrected chi connectivity index (χ2v) is 7.00. The number of carbonyl (C=O) groups excluding carboxylic acids is 3. The summed E-state index contributed by atoms with van der Waals surface area (Å²) in [6, 6.07) is 18.7. The fourth-order valence-corrected chi connectivity index (χ4v) is 3.04. The lowest BCUT2D eigenvalue weighted by atomic mass is 9.96. The van der Waals surface area contributed by atoms with Crippen LogP contribution in [0.1, 0.15) is 37.4 Å². The molecule has 158 valence electrons. The fourth-order valence-electron chi connectivity index (χ4n) is 3.04. The summed E-state index contributed by atoms with van der Waals surface area (Å²) in [5, 5.41) is 2.63. The van der Waals surface area contributed by atoms with Crippen LogP contribution in [0.2, 0.25) is 0 Å². The standard InChI is InChI=1S/C25H23NO5/c1-16-12-13-18(14-17(16)2)24(28)19-8-4-5-9-20(19)25(29)31-15-23(27)26-21-10-6-7-11-22(21)30-3/h4-14H,15H2,1-3H3,(H,26,27). The van der Waals surface area contributed by atoms with Crippen LogP contribution in [0.5, 0.6) is 5.75 Å². The van der Waals surface area contributed by atoms with E-state index >= 15 is 0 Å². The molecular formula is C25H23NO5. The van der Waals surface area contributed by atoms with Crippen molar-refractivity contribution >= 4 is 23.3 Å². The molecule has 0 atom stereocenters. The Morgan fingerprint density at radius 2 is 1.52 bits per heavy atom. The maximum Gasteiger partial charge on any atom is 0.339 e. The van der Waals surface area contributed by atoms with Gasteiger partial charge in [-0.2, -0.15) is 0 Å². The van der Waals surface area contributed by atoms with E-state index in [-0.39, 0.29) is 16.9 Å². The molecule has 0 unspecified atom stereocenters. The molecule has 0 aliphatic heterocycles. The van der Waals surface area contributed by atoms with Crippen LogP contribution in [0.15, 0.2) is 66.7 Å². The van der Waals surface area contributed by atoms with Gasteiger partial charge in [0.1, 0.15) is 5.75 Å². The van der Waals surface area contributed by atoms with E-state index in [4.69, 9.17) is 9.47 Å². The van der Waals surface area contributed by atoms with Crippen LogP contribution in [0.25, 0.3) is 0 Å². The highest BCUT2D eigenvalue weighted by atomic mass is 16.5. The van der Waals surface area contributed by atoms with Crippen LogP contribution in [0, 0.1) is 13.8 Å². The van der Waals surface area contributed by atoms with Crippen LogP contribution in [0.3, 0.4) is 0 Å². The van der Waals surface area contributed by atoms with Crippen LogP contribution in [-0.4, -0.2) is 31.4 Å². The average molecular weight is 417 g/mol. The van der Waals surface area contributed by atoms with Crippen molar-refractivity contribution < 1.29 is 23.9 Å². The number of hydrogen-bond acceptors (Lipinski definition) is 5. The number of para-hydroxylation sites is 2. The van der Waals surface area contributed by atoms with Crippen LogP contribution >= 0.6 is 0 Å². The Bertz CT molecular complexity index is 1140. The van der Waals surface area contributed by atoms with Gasteiger partial charge in [0.25, 0.3) is 5.91 Å². The predicted molar refractivity (Wildman–Crippen MR) is 118 cm³/mol. The molecule has 3 aromatic rings. The minimum absolute atomic E-state index is 0.107. The van der Waals surface area contributed by atoms with Gasteiger partial charge in [-0.15, -0.1) is 0 Å². The molecule has 0 heterocycles. The largest absolute Gasteiger partial charge is 0.495 e. The molecule has 6 heteroatoms. The SMILES string of the molecule is COc1ccccc1NC(=O)COC(=O)c1ccccc1C(=O)c1ccc(C)c(C)c1. The van der Waals surface area contributed by atoms with Gasteiger partial charge < -0.3 is 14.8 Å². The Hall–Kier alpha value is -3.93. The number of hydrogen-bond donors (Lipinski definition) is 1. The summed E-state index contributed by atoms with van der Waals surface area (Å²) in [6.07, 6.45) is 0. The number of ketones is 1. The van der Waals surface area contributed by atoms with Crippen molar-refractivity contribution in [2.45, 2.75) is 13.8 Å². The van der Waals surface area contributed by atoms with Gasteiger partial charge in [0.05, 0.1) is 18.4 Å². The molecule has 0 radical (unpaired) electrons. The zero-order chi connectivity index (χ0) is 22.4. The van der Waals surface area contributed by atoms with Gasteiger partial charge in [-0.3, -0.25) is 9.59 Å². The van der Waals surface area contributed by atoms with E-state index in [2.05, 4.69) is 5.32 Å². The molecule has 0 aliphatic rings. The molecular weight excluding hydrogens is 394 g/mol. The first-order valence-electron chi connectivity index (χ1n) is 9.71. The van der Waals surface area contributed by atoms with Crippen molar-refractivity contribution in [1.29, 1.82) is 0 Å². The number of rotatable bonds is 7. The number of amides is 1. The summed E-state index contributed by atoms with van der Waals surface area (Å²) in [5.74, 6) is -1.06. The third kappa shape index (κ3) is 5.17. The van der Waals surface area contributed by atoms with Gasteiger partial charge in [-0.05, 0) is 49.2 Å². The van der Waals surface area contributed by atoms with Crippen molar-refractivity contribution in [2.24, 2.45) is 0 Å². The molecule has 0 saturated carbocycles. The number of nitrogens with one attached hydrogen (secondary N) is 1. The molecule has 0 fully saturated rings. The summed E-state index contributed by atoms with van der Waals surface area (Å²) in [6.45, 7) is 3.39. The number of benzene rings is 3. The van der Waals surface area contributed by atoms with Gasteiger partial charge >= 0.3 is 5.97 Å². The Labute approximate surface area is 180 Å². The van der Waals surface area contributed by atoms with Gasteiger partial charge in [0, 0.05) is 11.1 Å². The van der Waals surface area contributed by atoms with E-state index in [1.807, 2.05) is 19.9 Å². The Balaban J connectivity index is 1.72. The molecule has 1 amide bonds. The van der Waals surface area contributed by atoms with Gasteiger partial charge in [-0.1, -0.05) is 42.5 Å². The number of methoxy groups -OCH3 is 1. The predicted octanol–water partition coefficient (Wildman–Crippen LogP) is 4.34. The molecule has 0 spiro atoms. The highest BCUT2D eigenvalue weighted by Gasteiger charge is 2.20. The Morgan fingerprint density at radius 1 is 0.839 bits per heavy atom. The van der Waals surface area contributed by atoms with Crippen molar-refractivity contribution in [2.75, 3.05) is 19.0 Å². The summed E-state index contributed by atoms with van der Waals surface area (Å²) in [5.41, 5.74) is 3.34. The summed E-state index contributed by atoms with van der Waals surface area (Å²) in [7, 11) is 1.49. The van der Waals surface area contributed by atoms with Crippen molar-refractivity contribution in [3.63, 3.8) is 0 Å². The minimum Gasteiger partial charge on any atom is -0.495 e.